The Morgan fingerprint density at radius 2 is 1.98 bits per heavy atom. The van der Waals surface area contributed by atoms with Gasteiger partial charge in [-0.05, 0) is 5.57 Å². The molecule has 2 aliphatic heterocycles. The number of rotatable bonds is 10. The Kier molecular flexibility index (Phi) is 8.24. The third-order valence-electron chi connectivity index (χ3n) is 5.81. The highest BCUT2D eigenvalue weighted by molar-refractivity contribution is 8.01. The molecule has 5 rings (SSSR count). The monoisotopic (exact) mass is 619 g/mol. The molecule has 3 aromatic heterocycles. The maximum Gasteiger partial charge on any atom is 0.352 e. The minimum Gasteiger partial charge on any atom is -0.477 e. The Labute approximate surface area is 244 Å². The molecule has 0 aromatic carbocycles. The average Bonchev–Trinajstić information content (AvgIpc) is 3.55. The van der Waals surface area contributed by atoms with Gasteiger partial charge in [0.2, 0.25) is 0 Å². The Morgan fingerprint density at radius 1 is 1.25 bits per heavy atom. The van der Waals surface area contributed by atoms with Crippen molar-refractivity contribution in [3.8, 4) is 0 Å². The molecule has 0 saturated carbocycles. The molecule has 0 bridgehead atoms. The highest BCUT2D eigenvalue weighted by atomic mass is 32.2. The van der Waals surface area contributed by atoms with Gasteiger partial charge in [0.15, 0.2) is 35.0 Å². The maximum absolute atomic E-state index is 13.2. The summed E-state index contributed by atoms with van der Waals surface area (Å²) in [5.41, 5.74) is 12.5. The van der Waals surface area contributed by atoms with E-state index in [0.29, 0.717) is 27.9 Å². The van der Waals surface area contributed by atoms with E-state index < -0.39 is 29.2 Å². The van der Waals surface area contributed by atoms with Crippen LogP contribution >= 0.6 is 46.2 Å². The van der Waals surface area contributed by atoms with Crippen LogP contribution in [0.2, 0.25) is 0 Å². The van der Waals surface area contributed by atoms with Crippen molar-refractivity contribution in [2.24, 2.45) is 12.2 Å². The second kappa shape index (κ2) is 11.8. The first kappa shape index (κ1) is 27.9. The lowest BCUT2D eigenvalue weighted by atomic mass is 10.0. The van der Waals surface area contributed by atoms with Crippen LogP contribution in [0.4, 0.5) is 10.3 Å². The van der Waals surface area contributed by atoms with Gasteiger partial charge >= 0.3 is 5.97 Å². The normalized spacial score (nSPS) is 18.8. The molecule has 0 aliphatic carbocycles. The molecule has 6 N–H and O–H groups in total. The van der Waals surface area contributed by atoms with Crippen molar-refractivity contribution in [1.29, 1.82) is 0 Å². The number of aliphatic carboxylic acids is 1. The van der Waals surface area contributed by atoms with Crippen LogP contribution in [0.25, 0.3) is 0 Å². The minimum atomic E-state index is -1.19. The lowest BCUT2D eigenvalue weighted by Crippen LogP contribution is -2.71. The first-order valence-corrected chi connectivity index (χ1v) is 15.4. The maximum atomic E-state index is 13.2. The van der Waals surface area contributed by atoms with Gasteiger partial charge in [-0.3, -0.25) is 14.5 Å². The van der Waals surface area contributed by atoms with Crippen molar-refractivity contribution < 1.29 is 28.9 Å². The van der Waals surface area contributed by atoms with Crippen LogP contribution in [0.3, 0.4) is 0 Å². The molecule has 1 fully saturated rings. The average molecular weight is 620 g/mol. The van der Waals surface area contributed by atoms with E-state index in [-0.39, 0.29) is 28.8 Å². The van der Waals surface area contributed by atoms with Gasteiger partial charge in [-0.1, -0.05) is 5.16 Å². The largest absolute Gasteiger partial charge is 0.477 e. The van der Waals surface area contributed by atoms with Crippen molar-refractivity contribution in [1.82, 2.24) is 20.2 Å². The van der Waals surface area contributed by atoms with Crippen molar-refractivity contribution in [3.05, 3.63) is 57.9 Å². The highest BCUT2D eigenvalue weighted by Crippen LogP contribution is 2.41. The second-order valence-electron chi connectivity index (χ2n) is 8.57. The number of amides is 2. The van der Waals surface area contributed by atoms with Crippen LogP contribution in [0.15, 0.2) is 56.6 Å². The number of fused-ring (bicyclic) bond motifs is 1. The number of nitrogens with two attached hydrogens (primary N) is 2. The number of hydrogen-bond donors (Lipinski definition) is 4. The third-order valence-corrected chi connectivity index (χ3v) is 9.65. The summed E-state index contributed by atoms with van der Waals surface area (Å²) in [5, 5.41) is 19.8. The second-order valence-corrected chi connectivity index (χ2v) is 12.5. The van der Waals surface area contributed by atoms with Crippen LogP contribution in [0.5, 0.6) is 0 Å². The summed E-state index contributed by atoms with van der Waals surface area (Å²) in [6.07, 6.45) is 3.81. The molecule has 2 atom stereocenters. The standard InChI is InChI=1S/C23H22N8O5S4/c1-30-4-2-13(3-5-30)37-7-11-8-38-20-16(19(33)31(20)17(11)21(34)35)28-18(32)15(14-10-40-23(25)27-14)29-36-6-12-9-39-22(24)26-12/h2-5,9-10,16,20H,6-8H2,1H3,(H5-,24,25,26,27,28,32,34,35)/p+1/t16-,20-/m1/s1. The molecule has 40 heavy (non-hydrogen) atoms. The summed E-state index contributed by atoms with van der Waals surface area (Å²) >= 11 is 5.25. The number of aryl methyl sites for hydroxylation is 1. The Bertz CT molecular complexity index is 1520. The fourth-order valence-electron chi connectivity index (χ4n) is 3.91. The summed E-state index contributed by atoms with van der Waals surface area (Å²) in [4.78, 5) is 54.3. The van der Waals surface area contributed by atoms with E-state index in [1.807, 2.05) is 36.1 Å². The molecular weight excluding hydrogens is 597 g/mol. The highest BCUT2D eigenvalue weighted by Gasteiger charge is 2.54. The van der Waals surface area contributed by atoms with Gasteiger partial charge in [0, 0.05) is 39.3 Å². The van der Waals surface area contributed by atoms with Crippen LogP contribution in [-0.2, 0) is 32.9 Å². The fourth-order valence-corrected chi connectivity index (χ4v) is 7.38. The van der Waals surface area contributed by atoms with Crippen LogP contribution in [-0.4, -0.2) is 66.4 Å². The zero-order valence-corrected chi connectivity index (χ0v) is 24.1. The van der Waals surface area contributed by atoms with Gasteiger partial charge < -0.3 is 26.7 Å². The Balaban J connectivity index is 1.29. The molecule has 1 saturated heterocycles. The molecule has 0 unspecified atom stereocenters. The number of carboxylic acid groups (broad SMARTS) is 1. The number of β-lactam (4-membered cyclic amide) rings is 1. The number of carbonyl (C=O) groups is 3. The number of oxime groups is 1. The van der Waals surface area contributed by atoms with Gasteiger partial charge in [0.25, 0.3) is 11.8 Å². The van der Waals surface area contributed by atoms with E-state index in [1.165, 1.54) is 39.8 Å². The van der Waals surface area contributed by atoms with E-state index in [9.17, 15) is 19.5 Å². The zero-order valence-electron chi connectivity index (χ0n) is 20.8. The molecule has 0 spiro atoms. The summed E-state index contributed by atoms with van der Waals surface area (Å²) in [6, 6.07) is 2.93. The van der Waals surface area contributed by atoms with Gasteiger partial charge in [0.05, 0.1) is 5.69 Å². The van der Waals surface area contributed by atoms with Gasteiger partial charge in [-0.2, -0.15) is 0 Å². The van der Waals surface area contributed by atoms with Crippen molar-refractivity contribution in [3.63, 3.8) is 0 Å². The van der Waals surface area contributed by atoms with E-state index >= 15 is 0 Å². The summed E-state index contributed by atoms with van der Waals surface area (Å²) < 4.78 is 1.91. The molecule has 2 amide bonds. The summed E-state index contributed by atoms with van der Waals surface area (Å²) in [6.45, 7) is -0.0340. The molecule has 5 heterocycles. The number of nitrogen functional groups attached to an aromatic ring is 2. The number of thioether (sulfide) groups is 2. The predicted octanol–water partition coefficient (Wildman–Crippen LogP) is 1.04. The zero-order chi connectivity index (χ0) is 28.4. The number of aromatic nitrogens is 3. The van der Waals surface area contributed by atoms with Crippen molar-refractivity contribution >= 4 is 80.0 Å². The van der Waals surface area contributed by atoms with E-state index in [0.717, 1.165) is 16.2 Å². The van der Waals surface area contributed by atoms with Gasteiger partial charge in [-0.15, -0.1) is 46.2 Å². The Hall–Kier alpha value is -3.67. The van der Waals surface area contributed by atoms with E-state index in [1.54, 1.807) is 10.8 Å². The van der Waals surface area contributed by atoms with Crippen molar-refractivity contribution in [2.75, 3.05) is 23.0 Å². The third kappa shape index (κ3) is 5.91. The quantitative estimate of drug-likeness (QED) is 0.0834. The number of nitrogens with zero attached hydrogens (tertiary/aromatic N) is 5. The van der Waals surface area contributed by atoms with Gasteiger partial charge in [-0.25, -0.2) is 19.3 Å². The summed E-state index contributed by atoms with van der Waals surface area (Å²) in [5.74, 6) is -1.59. The topological polar surface area (TPSA) is 190 Å². The predicted molar refractivity (Wildman–Crippen MR) is 152 cm³/mol. The van der Waals surface area contributed by atoms with Crippen molar-refractivity contribution in [2.45, 2.75) is 22.9 Å². The number of carboxylic acids is 1. The number of pyridine rings is 1. The molecule has 17 heteroatoms. The summed E-state index contributed by atoms with van der Waals surface area (Å²) in [7, 11) is 1.91. The minimum absolute atomic E-state index is 0.0340. The fraction of sp³-hybridized carbons (Fsp3) is 0.261. The smallest absolute Gasteiger partial charge is 0.352 e. The van der Waals surface area contributed by atoms with E-state index in [4.69, 9.17) is 16.3 Å². The van der Waals surface area contributed by atoms with E-state index in [2.05, 4.69) is 20.4 Å². The number of thiazole rings is 2. The first-order chi connectivity index (χ1) is 19.2. The van der Waals surface area contributed by atoms with Gasteiger partial charge in [0.1, 0.15) is 29.9 Å². The molecule has 3 aromatic rings. The van der Waals surface area contributed by atoms with Crippen LogP contribution in [0.1, 0.15) is 11.4 Å². The van der Waals surface area contributed by atoms with Crippen LogP contribution < -0.4 is 21.4 Å². The van der Waals surface area contributed by atoms with Crippen LogP contribution in [0, 0.1) is 0 Å². The molecule has 208 valence electrons. The molecule has 2 aliphatic rings. The number of nitrogens with one attached hydrogen (secondary N) is 1. The number of anilines is 2. The molecular formula is C23H23N8O5S4+. The Morgan fingerprint density at radius 3 is 2.62 bits per heavy atom. The lowest BCUT2D eigenvalue weighted by Gasteiger charge is -2.49. The SMILES string of the molecule is C[n+]1ccc(SCC2=C(C(=O)O)N3C(=O)[C@@H](NC(=O)C(=NOCc4csc(N)n4)c4csc(N)n4)[C@H]3SC2)cc1. The molecule has 13 nitrogen and oxygen atoms in total. The first-order valence-electron chi connectivity index (χ1n) is 11.6. The molecule has 0 radical (unpaired) electrons. The lowest BCUT2D eigenvalue weighted by molar-refractivity contribution is -0.671. The number of carbonyl (C=O) groups excluding carboxylic acids is 2. The number of hydrogen-bond acceptors (Lipinski definition) is 13.